The predicted molar refractivity (Wildman–Crippen MR) is 48.8 cm³/mol. The summed E-state index contributed by atoms with van der Waals surface area (Å²) in [6, 6.07) is 0. The molecule has 14 heavy (non-hydrogen) atoms. The summed E-state index contributed by atoms with van der Waals surface area (Å²) in [5.41, 5.74) is -0.188. The van der Waals surface area contributed by atoms with Crippen molar-refractivity contribution in [2.24, 2.45) is 5.41 Å². The minimum absolute atomic E-state index is 0.166. The van der Waals surface area contributed by atoms with Gasteiger partial charge in [-0.2, -0.15) is 0 Å². The molecule has 0 aliphatic heterocycles. The minimum atomic E-state index is -1.53. The van der Waals surface area contributed by atoms with Crippen LogP contribution in [0.25, 0.3) is 0 Å². The molecule has 0 spiro atoms. The van der Waals surface area contributed by atoms with Crippen LogP contribution in [0.5, 0.6) is 0 Å². The second-order valence-corrected chi connectivity index (χ2v) is 4.12. The van der Waals surface area contributed by atoms with E-state index in [4.69, 9.17) is 9.84 Å². The molecule has 0 saturated carbocycles. The van der Waals surface area contributed by atoms with Crippen LogP contribution in [0.1, 0.15) is 20.8 Å². The minimum Gasteiger partial charge on any atom is -0.479 e. The van der Waals surface area contributed by atoms with Crippen molar-refractivity contribution >= 4 is 11.9 Å². The van der Waals surface area contributed by atoms with Gasteiger partial charge in [-0.3, -0.25) is 0 Å². The number of carboxylic acids is 1. The van der Waals surface area contributed by atoms with Gasteiger partial charge in [0.1, 0.15) is 0 Å². The lowest BCUT2D eigenvalue weighted by Gasteiger charge is -2.19. The van der Waals surface area contributed by atoms with Gasteiger partial charge in [0.25, 0.3) is 6.10 Å². The molecule has 0 amide bonds. The lowest BCUT2D eigenvalue weighted by Crippen LogP contribution is -2.35. The second-order valence-electron chi connectivity index (χ2n) is 4.12. The summed E-state index contributed by atoms with van der Waals surface area (Å²) in [5.74, 6) is -2.21. The fraction of sp³-hybridized carbons (Fsp3) is 0.778. The summed E-state index contributed by atoms with van der Waals surface area (Å²) in [5, 5.41) is 8.55. The fourth-order valence-electron chi connectivity index (χ4n) is 0.661. The molecule has 0 aliphatic rings. The lowest BCUT2D eigenvalue weighted by molar-refractivity contribution is -0.169. The Kier molecular flexibility index (Phi) is 4.56. The van der Waals surface area contributed by atoms with Crippen LogP contribution in [-0.4, -0.2) is 36.9 Å². The van der Waals surface area contributed by atoms with Crippen LogP contribution < -0.4 is 0 Å². The standard InChI is InChI=1S/C9H16O5/c1-9(2,3)5-14-8(12)6(13-4)7(10)11/h6H,5H2,1-4H3,(H,10,11). The molecule has 0 aromatic rings. The third-order valence-electron chi connectivity index (χ3n) is 1.32. The number of carbonyl (C=O) groups is 2. The van der Waals surface area contributed by atoms with Gasteiger partial charge >= 0.3 is 11.9 Å². The highest BCUT2D eigenvalue weighted by Crippen LogP contribution is 2.13. The average molecular weight is 204 g/mol. The molecule has 0 rings (SSSR count). The maximum atomic E-state index is 11.1. The topological polar surface area (TPSA) is 72.8 Å². The van der Waals surface area contributed by atoms with E-state index in [1.807, 2.05) is 20.8 Å². The first-order valence-corrected chi connectivity index (χ1v) is 4.20. The molecule has 5 nitrogen and oxygen atoms in total. The van der Waals surface area contributed by atoms with Crippen LogP contribution >= 0.6 is 0 Å². The Morgan fingerprint density at radius 3 is 2.14 bits per heavy atom. The molecule has 5 heteroatoms. The van der Waals surface area contributed by atoms with Gasteiger partial charge in [0, 0.05) is 7.11 Å². The summed E-state index contributed by atoms with van der Waals surface area (Å²) in [6.45, 7) is 5.80. The first kappa shape index (κ1) is 12.9. The highest BCUT2D eigenvalue weighted by Gasteiger charge is 2.28. The van der Waals surface area contributed by atoms with E-state index >= 15 is 0 Å². The number of ether oxygens (including phenoxy) is 2. The van der Waals surface area contributed by atoms with E-state index in [1.54, 1.807) is 0 Å². The first-order valence-electron chi connectivity index (χ1n) is 4.20. The Balaban J connectivity index is 4.13. The molecule has 0 aromatic heterocycles. The van der Waals surface area contributed by atoms with E-state index in [-0.39, 0.29) is 12.0 Å². The van der Waals surface area contributed by atoms with Crippen molar-refractivity contribution in [2.75, 3.05) is 13.7 Å². The van der Waals surface area contributed by atoms with E-state index < -0.39 is 18.0 Å². The molecular formula is C9H16O5. The number of methoxy groups -OCH3 is 1. The first-order chi connectivity index (χ1) is 6.28. The Hall–Kier alpha value is -1.10. The van der Waals surface area contributed by atoms with Crippen molar-refractivity contribution < 1.29 is 24.2 Å². The zero-order valence-corrected chi connectivity index (χ0v) is 8.86. The van der Waals surface area contributed by atoms with Crippen LogP contribution in [0.15, 0.2) is 0 Å². The van der Waals surface area contributed by atoms with Gasteiger partial charge < -0.3 is 14.6 Å². The Labute approximate surface area is 83.0 Å². The molecule has 82 valence electrons. The number of hydrogen-bond acceptors (Lipinski definition) is 4. The fourth-order valence-corrected chi connectivity index (χ4v) is 0.661. The van der Waals surface area contributed by atoms with Crippen LogP contribution in [0, 0.1) is 5.41 Å². The number of rotatable bonds is 4. The monoisotopic (exact) mass is 204 g/mol. The van der Waals surface area contributed by atoms with Crippen molar-refractivity contribution in [3.63, 3.8) is 0 Å². The van der Waals surface area contributed by atoms with Gasteiger partial charge in [-0.15, -0.1) is 0 Å². The molecule has 0 fully saturated rings. The summed E-state index contributed by atoms with van der Waals surface area (Å²) >= 11 is 0. The molecule has 1 N–H and O–H groups in total. The zero-order chi connectivity index (χ0) is 11.4. The summed E-state index contributed by atoms with van der Waals surface area (Å²) < 4.78 is 9.24. The largest absolute Gasteiger partial charge is 0.479 e. The van der Waals surface area contributed by atoms with Crippen LogP contribution in [0.2, 0.25) is 0 Å². The van der Waals surface area contributed by atoms with Crippen molar-refractivity contribution in [1.82, 2.24) is 0 Å². The van der Waals surface area contributed by atoms with Crippen molar-refractivity contribution in [2.45, 2.75) is 26.9 Å². The highest BCUT2D eigenvalue weighted by atomic mass is 16.6. The third-order valence-corrected chi connectivity index (χ3v) is 1.32. The van der Waals surface area contributed by atoms with Crippen LogP contribution in [0.3, 0.4) is 0 Å². The van der Waals surface area contributed by atoms with Gasteiger partial charge in [-0.1, -0.05) is 20.8 Å². The molecule has 0 aromatic carbocycles. The Bertz CT molecular complexity index is 216. The Morgan fingerprint density at radius 1 is 1.36 bits per heavy atom. The molecular weight excluding hydrogens is 188 g/mol. The Morgan fingerprint density at radius 2 is 1.86 bits per heavy atom. The lowest BCUT2D eigenvalue weighted by atomic mass is 9.99. The van der Waals surface area contributed by atoms with E-state index in [0.717, 1.165) is 7.11 Å². The molecule has 0 bridgehead atoms. The van der Waals surface area contributed by atoms with E-state index in [9.17, 15) is 9.59 Å². The number of esters is 1. The van der Waals surface area contributed by atoms with E-state index in [2.05, 4.69) is 4.74 Å². The van der Waals surface area contributed by atoms with Gasteiger partial charge in [-0.25, -0.2) is 9.59 Å². The quantitative estimate of drug-likeness (QED) is 0.538. The molecule has 0 radical (unpaired) electrons. The molecule has 0 heterocycles. The summed E-state index contributed by atoms with van der Waals surface area (Å²) in [4.78, 5) is 21.6. The van der Waals surface area contributed by atoms with Gasteiger partial charge in [0.15, 0.2) is 0 Å². The number of carbonyl (C=O) groups excluding carboxylic acids is 1. The molecule has 1 atom stereocenters. The van der Waals surface area contributed by atoms with Gasteiger partial charge in [0.2, 0.25) is 0 Å². The maximum Gasteiger partial charge on any atom is 0.347 e. The molecule has 0 aliphatic carbocycles. The smallest absolute Gasteiger partial charge is 0.347 e. The normalized spacial score (nSPS) is 13.4. The maximum absolute atomic E-state index is 11.1. The SMILES string of the molecule is COC(C(=O)O)C(=O)OCC(C)(C)C. The average Bonchev–Trinajstić information content (AvgIpc) is 2.00. The van der Waals surface area contributed by atoms with Crippen molar-refractivity contribution in [3.8, 4) is 0 Å². The zero-order valence-electron chi connectivity index (χ0n) is 8.86. The van der Waals surface area contributed by atoms with E-state index in [0.29, 0.717) is 0 Å². The van der Waals surface area contributed by atoms with Crippen LogP contribution in [0.4, 0.5) is 0 Å². The molecule has 0 saturated heterocycles. The second kappa shape index (κ2) is 4.95. The van der Waals surface area contributed by atoms with E-state index in [1.165, 1.54) is 0 Å². The summed E-state index contributed by atoms with van der Waals surface area (Å²) in [7, 11) is 1.15. The van der Waals surface area contributed by atoms with Gasteiger partial charge in [-0.05, 0) is 5.41 Å². The van der Waals surface area contributed by atoms with Crippen molar-refractivity contribution in [3.05, 3.63) is 0 Å². The van der Waals surface area contributed by atoms with Gasteiger partial charge in [0.05, 0.1) is 6.61 Å². The van der Waals surface area contributed by atoms with Crippen LogP contribution in [-0.2, 0) is 19.1 Å². The predicted octanol–water partition coefficient (Wildman–Crippen LogP) is 0.675. The number of aliphatic carboxylic acids is 1. The highest BCUT2D eigenvalue weighted by molar-refractivity contribution is 5.97. The third kappa shape index (κ3) is 4.81. The van der Waals surface area contributed by atoms with Crippen molar-refractivity contribution in [1.29, 1.82) is 0 Å². The molecule has 1 unspecified atom stereocenters. The summed E-state index contributed by atoms with van der Waals surface area (Å²) in [6.07, 6.45) is -1.53. The number of carboxylic acid groups (broad SMARTS) is 1. The number of hydrogen-bond donors (Lipinski definition) is 1.